The van der Waals surface area contributed by atoms with Gasteiger partial charge >= 0.3 is 0 Å². The third-order valence-corrected chi connectivity index (χ3v) is 2.74. The summed E-state index contributed by atoms with van der Waals surface area (Å²) < 4.78 is 5.10. The molecule has 0 bridgehead atoms. The van der Waals surface area contributed by atoms with Gasteiger partial charge in [0.2, 0.25) is 5.91 Å². The van der Waals surface area contributed by atoms with Gasteiger partial charge in [-0.1, -0.05) is 19.8 Å². The molecule has 0 aliphatic rings. The Morgan fingerprint density at radius 1 is 1.39 bits per heavy atom. The van der Waals surface area contributed by atoms with Gasteiger partial charge in [0.15, 0.2) is 0 Å². The minimum absolute atomic E-state index is 0.0116. The molecule has 18 heavy (non-hydrogen) atoms. The van der Waals surface area contributed by atoms with Crippen LogP contribution in [0.4, 0.5) is 5.69 Å². The molecule has 1 rings (SSSR count). The second kappa shape index (κ2) is 7.71. The zero-order chi connectivity index (χ0) is 13.4. The number of benzene rings is 1. The lowest BCUT2D eigenvalue weighted by molar-refractivity contribution is -0.116. The van der Waals surface area contributed by atoms with Gasteiger partial charge in [-0.3, -0.25) is 4.79 Å². The minimum atomic E-state index is -0.108. The Morgan fingerprint density at radius 2 is 2.17 bits per heavy atom. The van der Waals surface area contributed by atoms with E-state index in [0.29, 0.717) is 23.4 Å². The first-order chi connectivity index (χ1) is 8.71. The normalized spacial score (nSPS) is 10.2. The van der Waals surface area contributed by atoms with Crippen LogP contribution in [0.1, 0.15) is 38.2 Å². The van der Waals surface area contributed by atoms with Gasteiger partial charge in [0, 0.05) is 17.7 Å². The van der Waals surface area contributed by atoms with Gasteiger partial charge in [-0.25, -0.2) is 0 Å². The average Bonchev–Trinajstić information content (AvgIpc) is 2.39. The van der Waals surface area contributed by atoms with Crippen LogP contribution in [-0.2, 0) is 11.4 Å². The van der Waals surface area contributed by atoms with Crippen molar-refractivity contribution in [2.45, 2.75) is 39.2 Å². The van der Waals surface area contributed by atoms with Crippen molar-refractivity contribution in [2.75, 3.05) is 12.4 Å². The molecular formula is C14H21NO3. The topological polar surface area (TPSA) is 58.6 Å². The van der Waals surface area contributed by atoms with Crippen LogP contribution < -0.4 is 10.1 Å². The summed E-state index contributed by atoms with van der Waals surface area (Å²) >= 11 is 0. The highest BCUT2D eigenvalue weighted by Gasteiger charge is 2.06. The average molecular weight is 251 g/mol. The lowest BCUT2D eigenvalue weighted by atomic mass is 10.1. The number of aliphatic hydroxyl groups excluding tert-OH is 1. The number of ether oxygens (including phenoxy) is 1. The van der Waals surface area contributed by atoms with Gasteiger partial charge in [0.25, 0.3) is 0 Å². The van der Waals surface area contributed by atoms with Gasteiger partial charge in [-0.15, -0.1) is 0 Å². The molecule has 2 N–H and O–H groups in total. The maximum absolute atomic E-state index is 11.6. The van der Waals surface area contributed by atoms with Crippen molar-refractivity contribution in [3.05, 3.63) is 23.8 Å². The van der Waals surface area contributed by atoms with E-state index in [1.807, 2.05) is 0 Å². The number of methoxy groups -OCH3 is 1. The van der Waals surface area contributed by atoms with Crippen LogP contribution in [0.15, 0.2) is 18.2 Å². The Hall–Kier alpha value is -1.55. The van der Waals surface area contributed by atoms with Crippen molar-refractivity contribution in [1.82, 2.24) is 0 Å². The molecule has 0 unspecified atom stereocenters. The number of nitrogens with one attached hydrogen (secondary N) is 1. The van der Waals surface area contributed by atoms with E-state index in [1.54, 1.807) is 25.3 Å². The second-order valence-electron chi connectivity index (χ2n) is 4.19. The van der Waals surface area contributed by atoms with Gasteiger partial charge in [-0.2, -0.15) is 0 Å². The number of rotatable bonds is 7. The molecule has 0 aromatic heterocycles. The van der Waals surface area contributed by atoms with Gasteiger partial charge in [-0.05, 0) is 24.6 Å². The number of unbranched alkanes of at least 4 members (excludes halogenated alkanes) is 2. The zero-order valence-corrected chi connectivity index (χ0v) is 11.0. The summed E-state index contributed by atoms with van der Waals surface area (Å²) in [7, 11) is 1.55. The van der Waals surface area contributed by atoms with E-state index in [4.69, 9.17) is 4.74 Å². The number of amides is 1. The summed E-state index contributed by atoms with van der Waals surface area (Å²) in [5.41, 5.74) is 1.37. The first kappa shape index (κ1) is 14.5. The molecule has 0 aliphatic carbocycles. The predicted octanol–water partition coefficient (Wildman–Crippen LogP) is 2.71. The van der Waals surface area contributed by atoms with Crippen LogP contribution in [0.25, 0.3) is 0 Å². The summed E-state index contributed by atoms with van der Waals surface area (Å²) in [4.78, 5) is 11.6. The number of hydrogen-bond donors (Lipinski definition) is 2. The lowest BCUT2D eigenvalue weighted by Gasteiger charge is -2.10. The van der Waals surface area contributed by atoms with Crippen LogP contribution in [0.5, 0.6) is 5.75 Å². The van der Waals surface area contributed by atoms with E-state index >= 15 is 0 Å². The molecule has 4 nitrogen and oxygen atoms in total. The molecule has 1 aromatic carbocycles. The van der Waals surface area contributed by atoms with E-state index in [9.17, 15) is 9.90 Å². The van der Waals surface area contributed by atoms with Crippen LogP contribution in [-0.4, -0.2) is 18.1 Å². The summed E-state index contributed by atoms with van der Waals surface area (Å²) in [5.74, 6) is 0.638. The fourth-order valence-corrected chi connectivity index (χ4v) is 1.74. The highest BCUT2D eigenvalue weighted by atomic mass is 16.5. The Kier molecular flexibility index (Phi) is 6.22. The molecule has 4 heteroatoms. The van der Waals surface area contributed by atoms with E-state index in [-0.39, 0.29) is 12.5 Å². The molecule has 1 aromatic rings. The molecule has 0 atom stereocenters. The minimum Gasteiger partial charge on any atom is -0.496 e. The van der Waals surface area contributed by atoms with E-state index in [0.717, 1.165) is 19.3 Å². The number of aliphatic hydroxyl groups is 1. The Bertz CT molecular complexity index is 391. The quantitative estimate of drug-likeness (QED) is 0.732. The van der Waals surface area contributed by atoms with Crippen molar-refractivity contribution >= 4 is 11.6 Å². The number of carbonyl (C=O) groups excluding carboxylic acids is 1. The van der Waals surface area contributed by atoms with Crippen molar-refractivity contribution in [1.29, 1.82) is 0 Å². The number of anilines is 1. The van der Waals surface area contributed by atoms with Crippen molar-refractivity contribution < 1.29 is 14.6 Å². The molecule has 0 fully saturated rings. The Balaban J connectivity index is 2.59. The van der Waals surface area contributed by atoms with Crippen molar-refractivity contribution in [2.24, 2.45) is 0 Å². The molecule has 0 saturated heterocycles. The van der Waals surface area contributed by atoms with E-state index < -0.39 is 0 Å². The molecular weight excluding hydrogens is 230 g/mol. The maximum Gasteiger partial charge on any atom is 0.224 e. The second-order valence-corrected chi connectivity index (χ2v) is 4.19. The first-order valence-corrected chi connectivity index (χ1v) is 6.28. The third kappa shape index (κ3) is 4.37. The number of hydrogen-bond acceptors (Lipinski definition) is 3. The lowest BCUT2D eigenvalue weighted by Crippen LogP contribution is -2.11. The van der Waals surface area contributed by atoms with E-state index in [2.05, 4.69) is 12.2 Å². The summed E-state index contributed by atoms with van der Waals surface area (Å²) in [6.07, 6.45) is 3.61. The molecule has 100 valence electrons. The predicted molar refractivity (Wildman–Crippen MR) is 71.7 cm³/mol. The molecule has 0 spiro atoms. The first-order valence-electron chi connectivity index (χ1n) is 6.28. The summed E-state index contributed by atoms with van der Waals surface area (Å²) in [6.45, 7) is 2.00. The Labute approximate surface area is 108 Å². The Morgan fingerprint density at radius 3 is 2.78 bits per heavy atom. The van der Waals surface area contributed by atoms with E-state index in [1.165, 1.54) is 0 Å². The van der Waals surface area contributed by atoms with Crippen LogP contribution in [0, 0.1) is 0 Å². The monoisotopic (exact) mass is 251 g/mol. The molecule has 0 heterocycles. The fourth-order valence-electron chi connectivity index (χ4n) is 1.74. The largest absolute Gasteiger partial charge is 0.496 e. The van der Waals surface area contributed by atoms with Crippen LogP contribution in [0.2, 0.25) is 0 Å². The van der Waals surface area contributed by atoms with Gasteiger partial charge < -0.3 is 15.2 Å². The van der Waals surface area contributed by atoms with Crippen molar-refractivity contribution in [3.8, 4) is 5.75 Å². The maximum atomic E-state index is 11.6. The summed E-state index contributed by atoms with van der Waals surface area (Å²) in [5, 5.41) is 12.0. The summed E-state index contributed by atoms with van der Waals surface area (Å²) in [6, 6.07) is 5.25. The SMILES string of the molecule is CCCCCC(=O)Nc1ccc(OC)c(CO)c1. The number of carbonyl (C=O) groups is 1. The standard InChI is InChI=1S/C14H21NO3/c1-3-4-5-6-14(17)15-12-7-8-13(18-2)11(9-12)10-16/h7-9,16H,3-6,10H2,1-2H3,(H,15,17). The third-order valence-electron chi connectivity index (χ3n) is 2.74. The molecule has 0 aliphatic heterocycles. The highest BCUT2D eigenvalue weighted by Crippen LogP contribution is 2.22. The highest BCUT2D eigenvalue weighted by molar-refractivity contribution is 5.90. The fraction of sp³-hybridized carbons (Fsp3) is 0.500. The van der Waals surface area contributed by atoms with Gasteiger partial charge in [0.1, 0.15) is 5.75 Å². The molecule has 0 saturated carbocycles. The van der Waals surface area contributed by atoms with Crippen LogP contribution in [0.3, 0.4) is 0 Å². The zero-order valence-electron chi connectivity index (χ0n) is 11.0. The smallest absolute Gasteiger partial charge is 0.224 e. The van der Waals surface area contributed by atoms with Crippen LogP contribution >= 0.6 is 0 Å². The molecule has 1 amide bonds. The van der Waals surface area contributed by atoms with Crippen molar-refractivity contribution in [3.63, 3.8) is 0 Å². The molecule has 0 radical (unpaired) electrons. The van der Waals surface area contributed by atoms with Gasteiger partial charge in [0.05, 0.1) is 13.7 Å².